The molecule has 0 radical (unpaired) electrons. The minimum atomic E-state index is -0.568. The summed E-state index contributed by atoms with van der Waals surface area (Å²) in [7, 11) is 0. The fraction of sp³-hybridized carbons (Fsp3) is 0.136. The lowest BCUT2D eigenvalue weighted by Gasteiger charge is -2.13. The van der Waals surface area contributed by atoms with E-state index in [4.69, 9.17) is 0 Å². The number of carbonyl (C=O) groups excluding carboxylic acids is 1. The molecule has 7 nitrogen and oxygen atoms in total. The summed E-state index contributed by atoms with van der Waals surface area (Å²) in [6.07, 6.45) is 3.09. The molecule has 1 aromatic carbocycles. The molecule has 0 unspecified atom stereocenters. The average Bonchev–Trinajstić information content (AvgIpc) is 2.75. The van der Waals surface area contributed by atoms with E-state index in [0.29, 0.717) is 16.8 Å². The van der Waals surface area contributed by atoms with Crippen molar-refractivity contribution in [3.8, 4) is 0 Å². The van der Waals surface area contributed by atoms with Crippen molar-refractivity contribution in [2.75, 3.05) is 0 Å². The van der Waals surface area contributed by atoms with Crippen LogP contribution in [0.4, 0.5) is 0 Å². The zero-order valence-corrected chi connectivity index (χ0v) is 15.8. The first-order valence-corrected chi connectivity index (χ1v) is 9.13. The van der Waals surface area contributed by atoms with Crippen LogP contribution >= 0.6 is 0 Å². The summed E-state index contributed by atoms with van der Waals surface area (Å²) in [5, 5.41) is 0. The maximum absolute atomic E-state index is 13.1. The van der Waals surface area contributed by atoms with E-state index in [0.717, 1.165) is 10.1 Å². The van der Waals surface area contributed by atoms with Crippen molar-refractivity contribution in [2.24, 2.45) is 0 Å². The van der Waals surface area contributed by atoms with Crippen molar-refractivity contribution in [1.82, 2.24) is 19.1 Å². The zero-order chi connectivity index (χ0) is 20.4. The fourth-order valence-electron chi connectivity index (χ4n) is 3.16. The van der Waals surface area contributed by atoms with Gasteiger partial charge in [0.25, 0.3) is 5.56 Å². The Balaban J connectivity index is 1.84. The molecule has 0 atom stereocenters. The second-order valence-electron chi connectivity index (χ2n) is 6.74. The van der Waals surface area contributed by atoms with Crippen LogP contribution in [0, 0.1) is 6.92 Å². The summed E-state index contributed by atoms with van der Waals surface area (Å²) in [5.74, 6) is -0.222. The normalized spacial score (nSPS) is 10.9. The van der Waals surface area contributed by atoms with Gasteiger partial charge in [-0.3, -0.25) is 23.7 Å². The maximum atomic E-state index is 13.1. The molecule has 4 rings (SSSR count). The molecular weight excluding hydrogens is 368 g/mol. The fourth-order valence-corrected chi connectivity index (χ4v) is 3.16. The summed E-state index contributed by atoms with van der Waals surface area (Å²) in [4.78, 5) is 47.2. The Morgan fingerprint density at radius 3 is 2.38 bits per heavy atom. The number of rotatable bonds is 5. The third kappa shape index (κ3) is 3.62. The maximum Gasteiger partial charge on any atom is 0.332 e. The van der Waals surface area contributed by atoms with E-state index >= 15 is 0 Å². The number of aromatic nitrogens is 4. The van der Waals surface area contributed by atoms with E-state index < -0.39 is 11.2 Å². The van der Waals surface area contributed by atoms with Crippen molar-refractivity contribution in [2.45, 2.75) is 20.0 Å². The Bertz CT molecular complexity index is 1310. The van der Waals surface area contributed by atoms with Gasteiger partial charge in [-0.05, 0) is 31.2 Å². The largest absolute Gasteiger partial charge is 0.332 e. The molecule has 7 heteroatoms. The van der Waals surface area contributed by atoms with Crippen molar-refractivity contribution >= 4 is 16.8 Å². The van der Waals surface area contributed by atoms with Crippen LogP contribution in [-0.2, 0) is 13.1 Å². The lowest BCUT2D eigenvalue weighted by molar-refractivity contribution is 0.0971. The van der Waals surface area contributed by atoms with Gasteiger partial charge in [-0.2, -0.15) is 0 Å². The highest BCUT2D eigenvalue weighted by molar-refractivity contribution is 5.96. The SMILES string of the molecule is Cc1ccc(C(=O)Cn2c(=O)n(Cc3ccccn3)c(=O)c3ncccc32)cc1. The number of aryl methyl sites for hydroxylation is 1. The Kier molecular flexibility index (Phi) is 4.87. The monoisotopic (exact) mass is 386 g/mol. The summed E-state index contributed by atoms with van der Waals surface area (Å²) >= 11 is 0. The van der Waals surface area contributed by atoms with Crippen molar-refractivity contribution in [1.29, 1.82) is 0 Å². The number of nitrogens with zero attached hydrogens (tertiary/aromatic N) is 4. The van der Waals surface area contributed by atoms with Gasteiger partial charge in [0.2, 0.25) is 0 Å². The molecule has 0 saturated heterocycles. The topological polar surface area (TPSA) is 86.9 Å². The molecule has 0 aliphatic rings. The Hall–Kier alpha value is -3.87. The van der Waals surface area contributed by atoms with Gasteiger partial charge >= 0.3 is 5.69 Å². The standard InChI is InChI=1S/C22H18N4O3/c1-15-7-9-16(10-8-15)19(27)14-25-18-6-4-12-24-20(18)21(28)26(22(25)29)13-17-5-2-3-11-23-17/h2-12H,13-14H2,1H3. The quantitative estimate of drug-likeness (QED) is 0.491. The molecule has 0 amide bonds. The number of ketones is 1. The van der Waals surface area contributed by atoms with Crippen LogP contribution in [0.15, 0.2) is 76.6 Å². The summed E-state index contributed by atoms with van der Waals surface area (Å²) in [6.45, 7) is 1.75. The predicted molar refractivity (Wildman–Crippen MR) is 109 cm³/mol. The van der Waals surface area contributed by atoms with Crippen molar-refractivity contribution in [3.05, 3.63) is 105 Å². The molecule has 0 aliphatic carbocycles. The molecule has 0 spiro atoms. The minimum Gasteiger partial charge on any atom is -0.292 e. The summed E-state index contributed by atoms with van der Waals surface area (Å²) in [5.41, 5.74) is 1.51. The summed E-state index contributed by atoms with van der Waals surface area (Å²) in [6, 6.07) is 15.7. The third-order valence-corrected chi connectivity index (χ3v) is 4.71. The second-order valence-corrected chi connectivity index (χ2v) is 6.74. The Morgan fingerprint density at radius 2 is 1.66 bits per heavy atom. The number of carbonyl (C=O) groups is 1. The van der Waals surface area contributed by atoms with Gasteiger partial charge in [0, 0.05) is 18.0 Å². The van der Waals surface area contributed by atoms with E-state index in [1.807, 2.05) is 19.1 Å². The molecule has 3 heterocycles. The zero-order valence-electron chi connectivity index (χ0n) is 15.8. The molecular formula is C22H18N4O3. The third-order valence-electron chi connectivity index (χ3n) is 4.71. The molecule has 4 aromatic rings. The Labute approximate surface area is 165 Å². The highest BCUT2D eigenvalue weighted by atomic mass is 16.2. The minimum absolute atomic E-state index is 0.00371. The van der Waals surface area contributed by atoms with Gasteiger partial charge < -0.3 is 0 Å². The van der Waals surface area contributed by atoms with Crippen LogP contribution in [0.5, 0.6) is 0 Å². The van der Waals surface area contributed by atoms with Gasteiger partial charge in [0.05, 0.1) is 24.3 Å². The first-order chi connectivity index (χ1) is 14.0. The van der Waals surface area contributed by atoms with E-state index in [1.165, 1.54) is 10.8 Å². The van der Waals surface area contributed by atoms with Crippen LogP contribution < -0.4 is 11.2 Å². The van der Waals surface area contributed by atoms with Crippen LogP contribution in [0.25, 0.3) is 11.0 Å². The lowest BCUT2D eigenvalue weighted by Crippen LogP contribution is -2.41. The average molecular weight is 386 g/mol. The number of pyridine rings is 2. The molecule has 0 aliphatic heterocycles. The number of hydrogen-bond acceptors (Lipinski definition) is 5. The van der Waals surface area contributed by atoms with E-state index in [9.17, 15) is 14.4 Å². The molecule has 0 saturated carbocycles. The van der Waals surface area contributed by atoms with Crippen molar-refractivity contribution < 1.29 is 4.79 Å². The van der Waals surface area contributed by atoms with E-state index in [-0.39, 0.29) is 24.4 Å². The van der Waals surface area contributed by atoms with Crippen molar-refractivity contribution in [3.63, 3.8) is 0 Å². The van der Waals surface area contributed by atoms with E-state index in [1.54, 1.807) is 48.7 Å². The van der Waals surface area contributed by atoms with Crippen LogP contribution in [-0.4, -0.2) is 24.9 Å². The van der Waals surface area contributed by atoms with Gasteiger partial charge in [0.15, 0.2) is 11.3 Å². The number of benzene rings is 1. The predicted octanol–water partition coefficient (Wildman–Crippen LogP) is 2.19. The van der Waals surface area contributed by atoms with Gasteiger partial charge in [0.1, 0.15) is 0 Å². The highest BCUT2D eigenvalue weighted by Gasteiger charge is 2.17. The second kappa shape index (κ2) is 7.63. The Morgan fingerprint density at radius 1 is 0.897 bits per heavy atom. The van der Waals surface area contributed by atoms with Gasteiger partial charge in [-0.15, -0.1) is 0 Å². The number of fused-ring (bicyclic) bond motifs is 1. The molecule has 144 valence electrons. The highest BCUT2D eigenvalue weighted by Crippen LogP contribution is 2.09. The first-order valence-electron chi connectivity index (χ1n) is 9.13. The lowest BCUT2D eigenvalue weighted by atomic mass is 10.1. The van der Waals surface area contributed by atoms with Crippen LogP contribution in [0.3, 0.4) is 0 Å². The van der Waals surface area contributed by atoms with Gasteiger partial charge in [-0.25, -0.2) is 9.78 Å². The first kappa shape index (κ1) is 18.5. The molecule has 3 aromatic heterocycles. The van der Waals surface area contributed by atoms with Crippen LogP contribution in [0.1, 0.15) is 21.6 Å². The van der Waals surface area contributed by atoms with E-state index in [2.05, 4.69) is 9.97 Å². The number of hydrogen-bond donors (Lipinski definition) is 0. The smallest absolute Gasteiger partial charge is 0.292 e. The molecule has 0 bridgehead atoms. The molecule has 0 fully saturated rings. The number of Topliss-reactive ketones (excluding diaryl/α,β-unsaturated/α-hetero) is 1. The van der Waals surface area contributed by atoms with Gasteiger partial charge in [-0.1, -0.05) is 35.9 Å². The molecule has 29 heavy (non-hydrogen) atoms. The van der Waals surface area contributed by atoms with Crippen LogP contribution in [0.2, 0.25) is 0 Å². The molecule has 0 N–H and O–H groups in total. The summed E-state index contributed by atoms with van der Waals surface area (Å²) < 4.78 is 2.37.